The Hall–Kier alpha value is -1.51. The molecule has 0 aliphatic heterocycles. The van der Waals surface area contributed by atoms with Crippen molar-refractivity contribution in [1.82, 2.24) is 5.32 Å². The third kappa shape index (κ3) is 4.25. The Morgan fingerprint density at radius 3 is 1.95 bits per heavy atom. The monoisotopic (exact) mass is 305 g/mol. The van der Waals surface area contributed by atoms with Gasteiger partial charge in [0.1, 0.15) is 5.75 Å². The van der Waals surface area contributed by atoms with Gasteiger partial charge in [-0.15, -0.1) is 0 Å². The van der Waals surface area contributed by atoms with E-state index in [1.807, 2.05) is 0 Å². The van der Waals surface area contributed by atoms with Crippen molar-refractivity contribution in [3.05, 3.63) is 28.8 Å². The van der Waals surface area contributed by atoms with E-state index in [2.05, 4.69) is 60.7 Å². The van der Waals surface area contributed by atoms with Crippen molar-refractivity contribution >= 4 is 5.91 Å². The van der Waals surface area contributed by atoms with Crippen LogP contribution in [-0.2, 0) is 10.8 Å². The van der Waals surface area contributed by atoms with Gasteiger partial charge in [-0.3, -0.25) is 4.79 Å². The number of benzene rings is 1. The Morgan fingerprint density at radius 2 is 1.55 bits per heavy atom. The van der Waals surface area contributed by atoms with Gasteiger partial charge >= 0.3 is 0 Å². The van der Waals surface area contributed by atoms with E-state index in [1.54, 1.807) is 12.1 Å². The average Bonchev–Trinajstić information content (AvgIpc) is 2.32. The van der Waals surface area contributed by atoms with E-state index in [0.717, 1.165) is 11.1 Å². The lowest BCUT2D eigenvalue weighted by Crippen LogP contribution is -2.32. The second kappa shape index (κ2) is 6.31. The third-order valence-corrected chi connectivity index (χ3v) is 3.60. The molecule has 3 nitrogen and oxygen atoms in total. The van der Waals surface area contributed by atoms with Gasteiger partial charge in [-0.25, -0.2) is 0 Å². The molecule has 1 amide bonds. The minimum Gasteiger partial charge on any atom is -0.508 e. The number of phenolic OH excluding ortho intramolecular Hbond substituents is 1. The largest absolute Gasteiger partial charge is 0.508 e. The van der Waals surface area contributed by atoms with E-state index in [1.165, 1.54) is 0 Å². The van der Waals surface area contributed by atoms with Crippen LogP contribution in [0.4, 0.5) is 0 Å². The van der Waals surface area contributed by atoms with Crippen LogP contribution in [0, 0.1) is 5.92 Å². The zero-order chi connectivity index (χ0) is 17.3. The number of rotatable bonds is 3. The van der Waals surface area contributed by atoms with Crippen LogP contribution in [0.25, 0.3) is 0 Å². The smallest absolute Gasteiger partial charge is 0.251 e. The highest BCUT2D eigenvalue weighted by atomic mass is 16.3. The van der Waals surface area contributed by atoms with E-state index >= 15 is 0 Å². The predicted octanol–water partition coefficient (Wildman–Crippen LogP) is 4.37. The fraction of sp³-hybridized carbons (Fsp3) is 0.632. The Bertz CT molecular complexity index is 546. The van der Waals surface area contributed by atoms with E-state index in [0.29, 0.717) is 18.0 Å². The minimum atomic E-state index is -0.235. The molecule has 0 aliphatic carbocycles. The number of nitrogens with one attached hydrogen (secondary N) is 1. The quantitative estimate of drug-likeness (QED) is 0.871. The van der Waals surface area contributed by atoms with E-state index in [4.69, 9.17) is 0 Å². The predicted molar refractivity (Wildman–Crippen MR) is 92.7 cm³/mol. The first-order valence-electron chi connectivity index (χ1n) is 8.00. The summed E-state index contributed by atoms with van der Waals surface area (Å²) in [5, 5.41) is 13.4. The standard InChI is InChI=1S/C19H31NO2/c1-12(2)11-20-17(22)13-9-10-14(21)16(19(6,7)8)15(13)18(3,4)5/h9-10,12,21H,11H2,1-8H3,(H,20,22). The number of phenols is 1. The summed E-state index contributed by atoms with van der Waals surface area (Å²) in [6.07, 6.45) is 0. The molecule has 0 fully saturated rings. The van der Waals surface area contributed by atoms with Crippen molar-refractivity contribution in [3.63, 3.8) is 0 Å². The highest BCUT2D eigenvalue weighted by molar-refractivity contribution is 5.97. The van der Waals surface area contributed by atoms with Gasteiger partial charge in [0.15, 0.2) is 0 Å². The lowest BCUT2D eigenvalue weighted by molar-refractivity contribution is 0.0946. The maximum atomic E-state index is 12.6. The Kier molecular flexibility index (Phi) is 5.32. The third-order valence-electron chi connectivity index (χ3n) is 3.60. The number of carbonyl (C=O) groups is 1. The molecule has 0 aromatic heterocycles. The molecule has 3 heteroatoms. The summed E-state index contributed by atoms with van der Waals surface area (Å²) in [5.74, 6) is 0.600. The molecule has 1 rings (SSSR count). The zero-order valence-corrected chi connectivity index (χ0v) is 15.3. The van der Waals surface area contributed by atoms with Gasteiger partial charge in [0.25, 0.3) is 5.91 Å². The van der Waals surface area contributed by atoms with Crippen LogP contribution in [0.15, 0.2) is 12.1 Å². The normalized spacial score (nSPS) is 12.6. The highest BCUT2D eigenvalue weighted by Crippen LogP contribution is 2.41. The van der Waals surface area contributed by atoms with Gasteiger partial charge in [0.05, 0.1) is 0 Å². The Labute approximate surface area is 135 Å². The van der Waals surface area contributed by atoms with Gasteiger partial charge in [0, 0.05) is 17.7 Å². The Balaban J connectivity index is 3.50. The molecular formula is C19H31NO2. The van der Waals surface area contributed by atoms with E-state index in [9.17, 15) is 9.90 Å². The van der Waals surface area contributed by atoms with Gasteiger partial charge in [-0.2, -0.15) is 0 Å². The van der Waals surface area contributed by atoms with Gasteiger partial charge < -0.3 is 10.4 Å². The number of carbonyl (C=O) groups excluding carboxylic acids is 1. The molecule has 0 saturated heterocycles. The van der Waals surface area contributed by atoms with Crippen LogP contribution in [0.1, 0.15) is 76.9 Å². The van der Waals surface area contributed by atoms with Gasteiger partial charge in [0.2, 0.25) is 0 Å². The molecule has 0 spiro atoms. The lowest BCUT2D eigenvalue weighted by Gasteiger charge is -2.32. The maximum Gasteiger partial charge on any atom is 0.251 e. The summed E-state index contributed by atoms with van der Waals surface area (Å²) >= 11 is 0. The number of hydrogen-bond acceptors (Lipinski definition) is 2. The fourth-order valence-electron chi connectivity index (χ4n) is 2.71. The fourth-order valence-corrected chi connectivity index (χ4v) is 2.71. The molecule has 1 aromatic rings. The van der Waals surface area contributed by atoms with Crippen LogP contribution in [0.2, 0.25) is 0 Å². The number of aromatic hydroxyl groups is 1. The average molecular weight is 305 g/mol. The first-order valence-corrected chi connectivity index (χ1v) is 8.00. The van der Waals surface area contributed by atoms with E-state index < -0.39 is 0 Å². The molecule has 124 valence electrons. The van der Waals surface area contributed by atoms with Crippen LogP contribution in [-0.4, -0.2) is 17.6 Å². The topological polar surface area (TPSA) is 49.3 Å². The summed E-state index contributed by atoms with van der Waals surface area (Å²) in [4.78, 5) is 12.6. The van der Waals surface area contributed by atoms with Crippen molar-refractivity contribution in [2.45, 2.75) is 66.2 Å². The minimum absolute atomic E-state index is 0.0656. The second-order valence-electron chi connectivity index (χ2n) is 8.49. The number of hydrogen-bond donors (Lipinski definition) is 2. The van der Waals surface area contributed by atoms with Crippen molar-refractivity contribution in [2.75, 3.05) is 6.54 Å². The molecule has 0 bridgehead atoms. The molecular weight excluding hydrogens is 274 g/mol. The maximum absolute atomic E-state index is 12.6. The van der Waals surface area contributed by atoms with Crippen molar-refractivity contribution in [1.29, 1.82) is 0 Å². The summed E-state index contributed by atoms with van der Waals surface area (Å²) in [6, 6.07) is 3.38. The van der Waals surface area contributed by atoms with Crippen LogP contribution < -0.4 is 5.32 Å². The molecule has 0 saturated carbocycles. The molecule has 0 atom stereocenters. The Morgan fingerprint density at radius 1 is 1.05 bits per heavy atom. The number of amides is 1. The van der Waals surface area contributed by atoms with Crippen LogP contribution in [0.3, 0.4) is 0 Å². The van der Waals surface area contributed by atoms with Crippen molar-refractivity contribution in [2.24, 2.45) is 5.92 Å². The lowest BCUT2D eigenvalue weighted by atomic mass is 9.72. The molecule has 22 heavy (non-hydrogen) atoms. The summed E-state index contributed by atoms with van der Waals surface area (Å²) in [7, 11) is 0. The second-order valence-corrected chi connectivity index (χ2v) is 8.49. The first-order chi connectivity index (χ1) is 9.85. The SMILES string of the molecule is CC(C)CNC(=O)c1ccc(O)c(C(C)(C)C)c1C(C)(C)C. The van der Waals surface area contributed by atoms with Crippen LogP contribution >= 0.6 is 0 Å². The zero-order valence-electron chi connectivity index (χ0n) is 15.3. The summed E-state index contributed by atoms with van der Waals surface area (Å²) in [6.45, 7) is 17.2. The van der Waals surface area contributed by atoms with Gasteiger partial charge in [-0.05, 0) is 34.4 Å². The molecule has 0 heterocycles. The van der Waals surface area contributed by atoms with Crippen molar-refractivity contribution in [3.8, 4) is 5.75 Å². The van der Waals surface area contributed by atoms with E-state index in [-0.39, 0.29) is 22.5 Å². The molecule has 0 aliphatic rings. The molecule has 2 N–H and O–H groups in total. The molecule has 1 aromatic carbocycles. The highest BCUT2D eigenvalue weighted by Gasteiger charge is 2.32. The summed E-state index contributed by atoms with van der Waals surface area (Å²) in [5.41, 5.74) is 1.99. The van der Waals surface area contributed by atoms with Crippen LogP contribution in [0.5, 0.6) is 5.75 Å². The molecule has 0 unspecified atom stereocenters. The first kappa shape index (κ1) is 18.5. The van der Waals surface area contributed by atoms with Crippen molar-refractivity contribution < 1.29 is 9.90 Å². The summed E-state index contributed by atoms with van der Waals surface area (Å²) < 4.78 is 0. The van der Waals surface area contributed by atoms with Gasteiger partial charge in [-0.1, -0.05) is 55.4 Å². The molecule has 0 radical (unpaired) electrons.